The van der Waals surface area contributed by atoms with E-state index in [1.807, 2.05) is 13.8 Å². The molecular formula is C15H22N5O3+. The minimum absolute atomic E-state index is 0.0282. The van der Waals surface area contributed by atoms with E-state index in [9.17, 15) is 14.4 Å². The Kier molecular flexibility index (Phi) is 4.63. The number of carbonyl (C=O) groups is 3. The van der Waals surface area contributed by atoms with Crippen molar-refractivity contribution < 1.29 is 19.0 Å². The molecule has 4 amide bonds. The molecule has 0 aromatic heterocycles. The maximum absolute atomic E-state index is 12.4. The third-order valence-electron chi connectivity index (χ3n) is 3.91. The Balaban J connectivity index is 2.14. The molecule has 0 aromatic carbocycles. The SMILES string of the molecule is C=C(C)CN(CC)C(=O)C[N+]1=CN=C2C1C(=O)N(C)C(=O)N2C. The molecule has 1 fully saturated rings. The second kappa shape index (κ2) is 6.31. The van der Waals surface area contributed by atoms with Crippen LogP contribution >= 0.6 is 0 Å². The number of amides is 4. The first kappa shape index (κ1) is 16.9. The van der Waals surface area contributed by atoms with Crippen LogP contribution in [0.5, 0.6) is 0 Å². The van der Waals surface area contributed by atoms with Crippen LogP contribution in [0.4, 0.5) is 4.79 Å². The number of nitrogens with zero attached hydrogens (tertiary/aromatic N) is 5. The summed E-state index contributed by atoms with van der Waals surface area (Å²) in [5, 5.41) is 0. The molecular weight excluding hydrogens is 298 g/mol. The lowest BCUT2D eigenvalue weighted by Crippen LogP contribution is -2.62. The molecule has 2 heterocycles. The summed E-state index contributed by atoms with van der Waals surface area (Å²) in [6.07, 6.45) is 1.45. The fraction of sp³-hybridized carbons (Fsp3) is 0.533. The van der Waals surface area contributed by atoms with Gasteiger partial charge in [0.05, 0.1) is 0 Å². The number of amidine groups is 1. The standard InChI is InChI=1S/C15H22N5O3/c1-6-19(7-10(2)3)11(21)8-20-9-16-13-12(20)14(22)18(5)15(23)17(13)4/h9,12H,2,6-8H2,1,3-5H3/q+1. The van der Waals surface area contributed by atoms with Crippen molar-refractivity contribution in [1.29, 1.82) is 0 Å². The molecule has 2 rings (SSSR count). The molecule has 2 aliphatic rings. The van der Waals surface area contributed by atoms with Gasteiger partial charge in [-0.2, -0.15) is 0 Å². The first-order chi connectivity index (χ1) is 10.8. The molecule has 0 N–H and O–H groups in total. The van der Waals surface area contributed by atoms with Crippen LogP contribution in [0.1, 0.15) is 13.8 Å². The van der Waals surface area contributed by atoms with E-state index in [1.54, 1.807) is 16.5 Å². The van der Waals surface area contributed by atoms with Gasteiger partial charge in [0.25, 0.3) is 30.0 Å². The Morgan fingerprint density at radius 3 is 2.61 bits per heavy atom. The molecule has 1 saturated heterocycles. The summed E-state index contributed by atoms with van der Waals surface area (Å²) >= 11 is 0. The van der Waals surface area contributed by atoms with E-state index in [0.717, 1.165) is 10.5 Å². The van der Waals surface area contributed by atoms with Gasteiger partial charge in [-0.05, 0) is 18.8 Å². The number of likely N-dealkylation sites (N-methyl/N-ethyl adjacent to an activating group) is 3. The molecule has 1 atom stereocenters. The van der Waals surface area contributed by atoms with Crippen molar-refractivity contribution in [2.24, 2.45) is 4.99 Å². The zero-order valence-electron chi connectivity index (χ0n) is 13.9. The van der Waals surface area contributed by atoms with Gasteiger partial charge in [0.2, 0.25) is 0 Å². The number of carbonyl (C=O) groups excluding carboxylic acids is 3. The highest BCUT2D eigenvalue weighted by atomic mass is 16.2. The molecule has 0 bridgehead atoms. The Bertz CT molecular complexity index is 637. The minimum atomic E-state index is -0.727. The zero-order chi connectivity index (χ0) is 17.3. The summed E-state index contributed by atoms with van der Waals surface area (Å²) in [5.41, 5.74) is 0.890. The van der Waals surface area contributed by atoms with E-state index in [0.29, 0.717) is 18.9 Å². The molecule has 1 unspecified atom stereocenters. The highest BCUT2D eigenvalue weighted by Crippen LogP contribution is 2.16. The summed E-state index contributed by atoms with van der Waals surface area (Å²) in [4.78, 5) is 44.9. The molecule has 8 heteroatoms. The summed E-state index contributed by atoms with van der Waals surface area (Å²) in [5.74, 6) is -0.136. The van der Waals surface area contributed by atoms with Crippen LogP contribution in [0, 0.1) is 0 Å². The maximum Gasteiger partial charge on any atom is 0.333 e. The predicted molar refractivity (Wildman–Crippen MR) is 85.4 cm³/mol. The zero-order valence-corrected chi connectivity index (χ0v) is 13.9. The van der Waals surface area contributed by atoms with E-state index in [4.69, 9.17) is 0 Å². The molecule has 2 aliphatic heterocycles. The van der Waals surface area contributed by atoms with Gasteiger partial charge in [-0.1, -0.05) is 12.2 Å². The summed E-state index contributed by atoms with van der Waals surface area (Å²) in [6, 6.07) is -1.15. The second-order valence-corrected chi connectivity index (χ2v) is 5.78. The normalized spacial score (nSPS) is 20.3. The van der Waals surface area contributed by atoms with Gasteiger partial charge in [0, 0.05) is 27.2 Å². The number of fused-ring (bicyclic) bond motifs is 1. The third-order valence-corrected chi connectivity index (χ3v) is 3.91. The van der Waals surface area contributed by atoms with E-state index in [2.05, 4.69) is 11.6 Å². The average molecular weight is 320 g/mol. The maximum atomic E-state index is 12.4. The average Bonchev–Trinajstić information content (AvgIpc) is 2.91. The Morgan fingerprint density at radius 1 is 1.39 bits per heavy atom. The van der Waals surface area contributed by atoms with Crippen molar-refractivity contribution in [2.75, 3.05) is 33.7 Å². The second-order valence-electron chi connectivity index (χ2n) is 5.78. The van der Waals surface area contributed by atoms with Crippen LogP contribution in [-0.4, -0.2) is 89.1 Å². The highest BCUT2D eigenvalue weighted by Gasteiger charge is 2.50. The number of urea groups is 1. The Morgan fingerprint density at radius 2 is 2.04 bits per heavy atom. The van der Waals surface area contributed by atoms with Crippen LogP contribution in [0.15, 0.2) is 17.1 Å². The topological polar surface area (TPSA) is 76.3 Å². The Hall–Kier alpha value is -2.51. The van der Waals surface area contributed by atoms with Gasteiger partial charge in [-0.15, -0.1) is 0 Å². The van der Waals surface area contributed by atoms with Crippen molar-refractivity contribution >= 4 is 30.0 Å². The lowest BCUT2D eigenvalue weighted by atomic mass is 10.1. The molecule has 0 radical (unpaired) electrons. The number of aliphatic imine (C=N–C) groups is 1. The number of rotatable bonds is 5. The fourth-order valence-electron chi connectivity index (χ4n) is 2.63. The van der Waals surface area contributed by atoms with Crippen molar-refractivity contribution in [3.05, 3.63) is 12.2 Å². The lowest BCUT2D eigenvalue weighted by molar-refractivity contribution is -0.520. The van der Waals surface area contributed by atoms with Gasteiger partial charge in [0.1, 0.15) is 0 Å². The number of hydrogen-bond donors (Lipinski definition) is 0. The summed E-state index contributed by atoms with van der Waals surface area (Å²) in [7, 11) is 2.99. The van der Waals surface area contributed by atoms with Crippen LogP contribution in [0.25, 0.3) is 0 Å². The quantitative estimate of drug-likeness (QED) is 0.518. The molecule has 0 saturated carbocycles. The van der Waals surface area contributed by atoms with Gasteiger partial charge >= 0.3 is 6.03 Å². The van der Waals surface area contributed by atoms with Crippen molar-refractivity contribution in [3.8, 4) is 0 Å². The molecule has 23 heavy (non-hydrogen) atoms. The van der Waals surface area contributed by atoms with E-state index in [1.165, 1.54) is 18.3 Å². The first-order valence-corrected chi connectivity index (χ1v) is 7.42. The minimum Gasteiger partial charge on any atom is -0.336 e. The largest absolute Gasteiger partial charge is 0.336 e. The summed E-state index contributed by atoms with van der Waals surface area (Å²) in [6.45, 7) is 8.64. The summed E-state index contributed by atoms with van der Waals surface area (Å²) < 4.78 is 1.57. The van der Waals surface area contributed by atoms with Crippen molar-refractivity contribution in [2.45, 2.75) is 19.9 Å². The first-order valence-electron chi connectivity index (χ1n) is 7.42. The van der Waals surface area contributed by atoms with E-state index >= 15 is 0 Å². The smallest absolute Gasteiger partial charge is 0.333 e. The molecule has 124 valence electrons. The third kappa shape index (κ3) is 3.01. The lowest BCUT2D eigenvalue weighted by Gasteiger charge is -2.31. The van der Waals surface area contributed by atoms with Crippen molar-refractivity contribution in [1.82, 2.24) is 14.7 Å². The predicted octanol–water partition coefficient (Wildman–Crippen LogP) is -0.244. The molecule has 0 aromatic rings. The van der Waals surface area contributed by atoms with Crippen molar-refractivity contribution in [3.63, 3.8) is 0 Å². The fourth-order valence-corrected chi connectivity index (χ4v) is 2.63. The molecule has 8 nitrogen and oxygen atoms in total. The molecule has 0 aliphatic carbocycles. The van der Waals surface area contributed by atoms with Gasteiger partial charge in [-0.3, -0.25) is 19.4 Å². The molecule has 0 spiro atoms. The van der Waals surface area contributed by atoms with Gasteiger partial charge in [-0.25, -0.2) is 9.37 Å². The van der Waals surface area contributed by atoms with Crippen LogP contribution in [0.3, 0.4) is 0 Å². The Labute approximate surface area is 135 Å². The number of imide groups is 1. The van der Waals surface area contributed by atoms with Gasteiger partial charge < -0.3 is 4.90 Å². The van der Waals surface area contributed by atoms with Gasteiger partial charge in [0.15, 0.2) is 6.54 Å². The van der Waals surface area contributed by atoms with E-state index < -0.39 is 12.1 Å². The van der Waals surface area contributed by atoms with Crippen LogP contribution < -0.4 is 0 Å². The van der Waals surface area contributed by atoms with Crippen LogP contribution in [0.2, 0.25) is 0 Å². The number of hydrogen-bond acceptors (Lipinski definition) is 4. The monoisotopic (exact) mass is 320 g/mol. The van der Waals surface area contributed by atoms with Crippen LogP contribution in [-0.2, 0) is 9.59 Å². The highest BCUT2D eigenvalue weighted by molar-refractivity contribution is 6.21. The van der Waals surface area contributed by atoms with E-state index in [-0.39, 0.29) is 18.4 Å².